The summed E-state index contributed by atoms with van der Waals surface area (Å²) in [6.45, 7) is 1.30. The lowest BCUT2D eigenvalue weighted by atomic mass is 10.3. The number of pyridine rings is 1. The van der Waals surface area contributed by atoms with Gasteiger partial charge in [0, 0.05) is 11.6 Å². The summed E-state index contributed by atoms with van der Waals surface area (Å²) in [7, 11) is 0. The van der Waals surface area contributed by atoms with Gasteiger partial charge in [-0.15, -0.1) is 11.8 Å². The molecule has 0 saturated carbocycles. The van der Waals surface area contributed by atoms with E-state index in [0.717, 1.165) is 17.9 Å². The van der Waals surface area contributed by atoms with Crippen molar-refractivity contribution in [1.82, 2.24) is 15.2 Å². The number of nitrogens with one attached hydrogen (secondary N) is 1. The van der Waals surface area contributed by atoms with Crippen molar-refractivity contribution in [3.63, 3.8) is 0 Å². The molecule has 0 radical (unpaired) electrons. The molecular formula is C12H16N4OS. The van der Waals surface area contributed by atoms with E-state index in [9.17, 15) is 4.79 Å². The van der Waals surface area contributed by atoms with Crippen LogP contribution in [0.1, 0.15) is 12.1 Å². The Bertz CT molecular complexity index is 423. The summed E-state index contributed by atoms with van der Waals surface area (Å²) in [6, 6.07) is 5.82. The van der Waals surface area contributed by atoms with Gasteiger partial charge in [-0.1, -0.05) is 6.07 Å². The molecule has 1 atom stereocenters. The fourth-order valence-electron chi connectivity index (χ4n) is 1.84. The average Bonchev–Trinajstić information content (AvgIpc) is 2.75. The van der Waals surface area contributed by atoms with Gasteiger partial charge in [0.05, 0.1) is 17.6 Å². The Morgan fingerprint density at radius 3 is 3.11 bits per heavy atom. The molecule has 18 heavy (non-hydrogen) atoms. The molecule has 0 bridgehead atoms. The molecule has 96 valence electrons. The van der Waals surface area contributed by atoms with E-state index < -0.39 is 0 Å². The maximum Gasteiger partial charge on any atom is 0.212 e. The van der Waals surface area contributed by atoms with Gasteiger partial charge in [-0.2, -0.15) is 0 Å². The van der Waals surface area contributed by atoms with Crippen LogP contribution in [-0.4, -0.2) is 28.2 Å². The minimum atomic E-state index is 0.263. The number of carbonyl (C=O) groups excluding carboxylic acids is 1. The Hall–Kier alpha value is -1.53. The highest BCUT2D eigenvalue weighted by Crippen LogP contribution is 2.32. The van der Waals surface area contributed by atoms with Crippen molar-refractivity contribution in [3.8, 4) is 0 Å². The molecule has 1 aliphatic rings. The molecular weight excluding hydrogens is 248 g/mol. The fraction of sp³-hybridized carbons (Fsp3) is 0.333. The second-order valence-corrected chi connectivity index (χ2v) is 4.93. The Kier molecular flexibility index (Phi) is 4.60. The maximum absolute atomic E-state index is 10.6. The van der Waals surface area contributed by atoms with E-state index >= 15 is 0 Å². The van der Waals surface area contributed by atoms with Crippen LogP contribution in [0.4, 0.5) is 0 Å². The summed E-state index contributed by atoms with van der Waals surface area (Å²) < 4.78 is 0. The number of hydrogen-bond acceptors (Lipinski definition) is 5. The van der Waals surface area contributed by atoms with Crippen LogP contribution >= 0.6 is 11.8 Å². The Labute approximate surface area is 110 Å². The second kappa shape index (κ2) is 6.42. The molecule has 2 rings (SSSR count). The normalized spacial score (nSPS) is 18.6. The van der Waals surface area contributed by atoms with Crippen LogP contribution in [0.25, 0.3) is 0 Å². The van der Waals surface area contributed by atoms with Crippen LogP contribution < -0.4 is 11.1 Å². The first-order valence-electron chi connectivity index (χ1n) is 5.77. The van der Waals surface area contributed by atoms with Crippen molar-refractivity contribution in [3.05, 3.63) is 41.3 Å². The van der Waals surface area contributed by atoms with Gasteiger partial charge < -0.3 is 16.0 Å². The molecule has 0 fully saturated rings. The van der Waals surface area contributed by atoms with Gasteiger partial charge in [-0.3, -0.25) is 9.78 Å². The molecule has 1 aromatic rings. The molecule has 2 heterocycles. The highest BCUT2D eigenvalue weighted by molar-refractivity contribution is 8.02. The van der Waals surface area contributed by atoms with Gasteiger partial charge in [0.15, 0.2) is 0 Å². The summed E-state index contributed by atoms with van der Waals surface area (Å²) in [5.41, 5.74) is 6.59. The van der Waals surface area contributed by atoms with Crippen molar-refractivity contribution in [2.45, 2.75) is 18.3 Å². The molecule has 0 spiro atoms. The first kappa shape index (κ1) is 12.9. The zero-order chi connectivity index (χ0) is 12.8. The summed E-state index contributed by atoms with van der Waals surface area (Å²) in [6.07, 6.45) is 3.34. The molecule has 1 unspecified atom stereocenters. The predicted octanol–water partition coefficient (Wildman–Crippen LogP) is 0.850. The van der Waals surface area contributed by atoms with Crippen LogP contribution in [0.5, 0.6) is 0 Å². The molecule has 0 saturated heterocycles. The third-order valence-corrected chi connectivity index (χ3v) is 3.84. The topological polar surface area (TPSA) is 71.2 Å². The van der Waals surface area contributed by atoms with Gasteiger partial charge in [0.25, 0.3) is 0 Å². The average molecular weight is 264 g/mol. The molecule has 0 aromatic carbocycles. The number of hydrogen-bond donors (Lipinski definition) is 2. The minimum Gasteiger partial charge on any atom is -0.339 e. The summed E-state index contributed by atoms with van der Waals surface area (Å²) in [4.78, 5) is 17.0. The standard InChI is InChI=1S/C12H16N4OS/c13-5-4-12-16(11(8-18-12)15-9-17)7-10-3-1-2-6-14-10/h1-3,6,8-9,12H,4-5,7,13H2,(H,15,17). The quantitative estimate of drug-likeness (QED) is 0.745. The second-order valence-electron chi connectivity index (χ2n) is 3.88. The highest BCUT2D eigenvalue weighted by Gasteiger charge is 2.26. The van der Waals surface area contributed by atoms with Crippen LogP contribution in [-0.2, 0) is 11.3 Å². The smallest absolute Gasteiger partial charge is 0.212 e. The molecule has 5 nitrogen and oxygen atoms in total. The third-order valence-electron chi connectivity index (χ3n) is 2.67. The van der Waals surface area contributed by atoms with Gasteiger partial charge in [0.2, 0.25) is 6.41 Å². The lowest BCUT2D eigenvalue weighted by molar-refractivity contribution is -0.109. The Morgan fingerprint density at radius 1 is 1.56 bits per heavy atom. The lowest BCUT2D eigenvalue weighted by Gasteiger charge is -2.27. The molecule has 1 aliphatic heterocycles. The van der Waals surface area contributed by atoms with E-state index in [-0.39, 0.29) is 5.37 Å². The molecule has 1 aromatic heterocycles. The molecule has 3 N–H and O–H groups in total. The van der Waals surface area contributed by atoms with Crippen LogP contribution in [0.3, 0.4) is 0 Å². The maximum atomic E-state index is 10.6. The zero-order valence-electron chi connectivity index (χ0n) is 9.95. The van der Waals surface area contributed by atoms with Gasteiger partial charge in [-0.05, 0) is 25.1 Å². The SMILES string of the molecule is NCCC1SC=C(NC=O)N1Cc1ccccn1. The van der Waals surface area contributed by atoms with E-state index in [1.807, 2.05) is 23.6 Å². The number of thioether (sulfide) groups is 1. The molecule has 0 aliphatic carbocycles. The zero-order valence-corrected chi connectivity index (χ0v) is 10.8. The summed E-state index contributed by atoms with van der Waals surface area (Å²) >= 11 is 1.68. The number of nitrogens with two attached hydrogens (primary N) is 1. The van der Waals surface area contributed by atoms with E-state index in [4.69, 9.17) is 5.73 Å². The number of amides is 1. The summed E-state index contributed by atoms with van der Waals surface area (Å²) in [5.74, 6) is 0.819. The van der Waals surface area contributed by atoms with Crippen molar-refractivity contribution >= 4 is 18.2 Å². The fourth-order valence-corrected chi connectivity index (χ4v) is 2.93. The monoisotopic (exact) mass is 264 g/mol. The Morgan fingerprint density at radius 2 is 2.44 bits per heavy atom. The van der Waals surface area contributed by atoms with Crippen LogP contribution in [0.2, 0.25) is 0 Å². The van der Waals surface area contributed by atoms with Crippen LogP contribution in [0.15, 0.2) is 35.6 Å². The largest absolute Gasteiger partial charge is 0.339 e. The van der Waals surface area contributed by atoms with E-state index in [1.54, 1.807) is 18.0 Å². The first-order valence-corrected chi connectivity index (χ1v) is 6.72. The number of aromatic nitrogens is 1. The molecule has 6 heteroatoms. The number of nitrogens with zero attached hydrogens (tertiary/aromatic N) is 2. The lowest BCUT2D eigenvalue weighted by Crippen LogP contribution is -2.35. The van der Waals surface area contributed by atoms with Gasteiger partial charge in [0.1, 0.15) is 5.82 Å². The van der Waals surface area contributed by atoms with E-state index in [2.05, 4.69) is 15.2 Å². The van der Waals surface area contributed by atoms with Gasteiger partial charge >= 0.3 is 0 Å². The van der Waals surface area contributed by atoms with E-state index in [0.29, 0.717) is 19.5 Å². The number of rotatable bonds is 6. The highest BCUT2D eigenvalue weighted by atomic mass is 32.2. The third kappa shape index (κ3) is 3.02. The first-order chi connectivity index (χ1) is 8.85. The van der Waals surface area contributed by atoms with Crippen molar-refractivity contribution in [2.75, 3.05) is 6.54 Å². The van der Waals surface area contributed by atoms with Gasteiger partial charge in [-0.25, -0.2) is 0 Å². The van der Waals surface area contributed by atoms with E-state index in [1.165, 1.54) is 0 Å². The van der Waals surface area contributed by atoms with Crippen molar-refractivity contribution in [1.29, 1.82) is 0 Å². The van der Waals surface area contributed by atoms with Crippen LogP contribution in [0, 0.1) is 0 Å². The van der Waals surface area contributed by atoms with Crippen molar-refractivity contribution < 1.29 is 4.79 Å². The molecule has 1 amide bonds. The summed E-state index contributed by atoms with van der Waals surface area (Å²) in [5, 5.41) is 4.94. The number of carbonyl (C=O) groups is 1. The minimum absolute atomic E-state index is 0.263. The Balaban J connectivity index is 2.09. The van der Waals surface area contributed by atoms with Crippen molar-refractivity contribution in [2.24, 2.45) is 5.73 Å². The predicted molar refractivity (Wildman–Crippen MR) is 72.1 cm³/mol.